The number of carbonyl (C=O) groups excluding carboxylic acids is 1. The molecule has 20 heavy (non-hydrogen) atoms. The molecule has 1 heterocycles. The van der Waals surface area contributed by atoms with Gasteiger partial charge in [0.1, 0.15) is 0 Å². The molecule has 2 amide bonds. The van der Waals surface area contributed by atoms with Crippen molar-refractivity contribution in [2.24, 2.45) is 11.3 Å². The number of amides is 2. The number of likely N-dealkylation sites (tertiary alicyclic amines) is 1. The summed E-state index contributed by atoms with van der Waals surface area (Å²) in [5.41, 5.74) is 0.382. The maximum absolute atomic E-state index is 12.1. The molecule has 0 aromatic heterocycles. The highest BCUT2D eigenvalue weighted by Gasteiger charge is 2.41. The third kappa shape index (κ3) is 4.12. The zero-order valence-corrected chi connectivity index (χ0v) is 12.4. The number of aliphatic carboxylic acids is 1. The van der Waals surface area contributed by atoms with Crippen LogP contribution in [0, 0.1) is 11.3 Å². The number of rotatable bonds is 7. The summed E-state index contributed by atoms with van der Waals surface area (Å²) in [6.45, 7) is 4.46. The number of nitrogens with one attached hydrogen (secondary N) is 1. The maximum atomic E-state index is 12.1. The highest BCUT2D eigenvalue weighted by Crippen LogP contribution is 2.48. The maximum Gasteiger partial charge on any atom is 0.317 e. The summed E-state index contributed by atoms with van der Waals surface area (Å²) < 4.78 is 0. The van der Waals surface area contributed by atoms with Crippen LogP contribution < -0.4 is 5.32 Å². The van der Waals surface area contributed by atoms with Gasteiger partial charge in [-0.15, -0.1) is 0 Å². The third-order valence-corrected chi connectivity index (χ3v) is 4.69. The molecule has 1 atom stereocenters. The number of carboxylic acid groups (broad SMARTS) is 1. The van der Waals surface area contributed by atoms with Crippen LogP contribution in [-0.4, -0.2) is 41.6 Å². The topological polar surface area (TPSA) is 69.6 Å². The molecule has 2 N–H and O–H groups in total. The van der Waals surface area contributed by atoms with E-state index in [1.54, 1.807) is 0 Å². The lowest BCUT2D eigenvalue weighted by Gasteiger charge is -2.20. The fraction of sp³-hybridized carbons (Fsp3) is 0.867. The molecule has 0 aromatic rings. The van der Waals surface area contributed by atoms with Crippen molar-refractivity contribution in [3.05, 3.63) is 0 Å². The Morgan fingerprint density at radius 2 is 2.15 bits per heavy atom. The number of nitrogens with zero attached hydrogens (tertiary/aromatic N) is 1. The van der Waals surface area contributed by atoms with Crippen molar-refractivity contribution in [3.8, 4) is 0 Å². The summed E-state index contributed by atoms with van der Waals surface area (Å²) in [5, 5.41) is 11.8. The molecule has 1 unspecified atom stereocenters. The molecule has 1 saturated carbocycles. The summed E-state index contributed by atoms with van der Waals surface area (Å²) >= 11 is 0. The summed E-state index contributed by atoms with van der Waals surface area (Å²) in [4.78, 5) is 24.5. The first-order valence-corrected chi connectivity index (χ1v) is 7.79. The first kappa shape index (κ1) is 15.1. The molecule has 0 spiro atoms. The van der Waals surface area contributed by atoms with E-state index in [-0.39, 0.29) is 12.5 Å². The lowest BCUT2D eigenvalue weighted by Crippen LogP contribution is -2.41. The minimum atomic E-state index is -0.747. The van der Waals surface area contributed by atoms with Gasteiger partial charge in [-0.1, -0.05) is 13.3 Å². The van der Waals surface area contributed by atoms with Gasteiger partial charge in [0.15, 0.2) is 0 Å². The van der Waals surface area contributed by atoms with Crippen LogP contribution in [0.4, 0.5) is 4.79 Å². The average Bonchev–Trinajstić information content (AvgIpc) is 3.01. The van der Waals surface area contributed by atoms with E-state index >= 15 is 0 Å². The Balaban J connectivity index is 1.68. The van der Waals surface area contributed by atoms with E-state index in [1.807, 2.05) is 4.90 Å². The predicted octanol–water partition coefficient (Wildman–Crippen LogP) is 2.46. The summed E-state index contributed by atoms with van der Waals surface area (Å²) in [6.07, 6.45) is 6.68. The van der Waals surface area contributed by atoms with Gasteiger partial charge < -0.3 is 15.3 Å². The first-order chi connectivity index (χ1) is 9.54. The van der Waals surface area contributed by atoms with Crippen LogP contribution >= 0.6 is 0 Å². The lowest BCUT2D eigenvalue weighted by molar-refractivity contribution is -0.137. The van der Waals surface area contributed by atoms with Crippen molar-refractivity contribution >= 4 is 12.0 Å². The highest BCUT2D eigenvalue weighted by molar-refractivity contribution is 5.74. The smallest absolute Gasteiger partial charge is 0.317 e. The van der Waals surface area contributed by atoms with Crippen molar-refractivity contribution in [1.29, 1.82) is 0 Å². The molecular formula is C15H26N2O3. The van der Waals surface area contributed by atoms with Crippen LogP contribution in [0.1, 0.15) is 51.9 Å². The van der Waals surface area contributed by atoms with Crippen LogP contribution in [0.5, 0.6) is 0 Å². The number of carbonyl (C=O) groups is 2. The minimum absolute atomic E-state index is 0.0326. The normalized spacial score (nSPS) is 23.6. The number of urea groups is 1. The molecule has 0 radical (unpaired) electrons. The molecular weight excluding hydrogens is 256 g/mol. The Kier molecular flexibility index (Phi) is 4.89. The van der Waals surface area contributed by atoms with Crippen molar-refractivity contribution in [2.45, 2.75) is 51.9 Å². The van der Waals surface area contributed by atoms with Gasteiger partial charge in [-0.25, -0.2) is 4.79 Å². The molecule has 1 saturated heterocycles. The van der Waals surface area contributed by atoms with E-state index in [2.05, 4.69) is 12.2 Å². The van der Waals surface area contributed by atoms with Crippen LogP contribution in [0.3, 0.4) is 0 Å². The first-order valence-electron chi connectivity index (χ1n) is 7.79. The van der Waals surface area contributed by atoms with Crippen molar-refractivity contribution in [3.63, 3.8) is 0 Å². The summed E-state index contributed by atoms with van der Waals surface area (Å²) in [7, 11) is 0. The number of carboxylic acids is 1. The fourth-order valence-corrected chi connectivity index (χ4v) is 3.18. The van der Waals surface area contributed by atoms with E-state index in [1.165, 1.54) is 25.7 Å². The van der Waals surface area contributed by atoms with Crippen LogP contribution in [0.25, 0.3) is 0 Å². The van der Waals surface area contributed by atoms with E-state index in [0.717, 1.165) is 19.5 Å². The molecule has 1 aliphatic carbocycles. The average molecular weight is 282 g/mol. The third-order valence-electron chi connectivity index (χ3n) is 4.69. The van der Waals surface area contributed by atoms with Crippen molar-refractivity contribution in [2.75, 3.05) is 19.6 Å². The quantitative estimate of drug-likeness (QED) is 0.753. The number of hydrogen-bond donors (Lipinski definition) is 2. The van der Waals surface area contributed by atoms with Crippen LogP contribution in [0.15, 0.2) is 0 Å². The second-order valence-corrected chi connectivity index (χ2v) is 6.44. The highest BCUT2D eigenvalue weighted by atomic mass is 16.4. The Morgan fingerprint density at radius 1 is 1.40 bits per heavy atom. The van der Waals surface area contributed by atoms with Gasteiger partial charge in [0.25, 0.3) is 0 Å². The largest absolute Gasteiger partial charge is 0.481 e. The predicted molar refractivity (Wildman–Crippen MR) is 76.5 cm³/mol. The monoisotopic (exact) mass is 282 g/mol. The Hall–Kier alpha value is -1.26. The SMILES string of the molecule is CCCC1(CNC(=O)N2CCC(CCC(=O)O)C2)CC1. The summed E-state index contributed by atoms with van der Waals surface area (Å²) in [5.74, 6) is -0.398. The van der Waals surface area contributed by atoms with E-state index in [0.29, 0.717) is 24.3 Å². The van der Waals surface area contributed by atoms with Crippen LogP contribution in [-0.2, 0) is 4.79 Å². The second-order valence-electron chi connectivity index (χ2n) is 6.44. The standard InChI is InChI=1S/C15H26N2O3/c1-2-6-15(7-8-15)11-16-14(20)17-9-5-12(10-17)3-4-13(18)19/h12H,2-11H2,1H3,(H,16,20)(H,18,19). The van der Waals surface area contributed by atoms with Gasteiger partial charge in [-0.05, 0) is 43.4 Å². The van der Waals surface area contributed by atoms with Gasteiger partial charge in [0.05, 0.1) is 0 Å². The number of hydrogen-bond acceptors (Lipinski definition) is 2. The molecule has 2 rings (SSSR count). The molecule has 5 nitrogen and oxygen atoms in total. The van der Waals surface area contributed by atoms with Gasteiger partial charge in [0.2, 0.25) is 0 Å². The van der Waals surface area contributed by atoms with Gasteiger partial charge in [-0.3, -0.25) is 4.79 Å². The van der Waals surface area contributed by atoms with Crippen LogP contribution in [0.2, 0.25) is 0 Å². The van der Waals surface area contributed by atoms with E-state index in [4.69, 9.17) is 5.11 Å². The second kappa shape index (κ2) is 6.46. The zero-order chi connectivity index (χ0) is 14.6. The van der Waals surface area contributed by atoms with Gasteiger partial charge in [-0.2, -0.15) is 0 Å². The lowest BCUT2D eigenvalue weighted by atomic mass is 10.0. The van der Waals surface area contributed by atoms with Gasteiger partial charge >= 0.3 is 12.0 Å². The van der Waals surface area contributed by atoms with E-state index in [9.17, 15) is 9.59 Å². The Morgan fingerprint density at radius 3 is 2.75 bits per heavy atom. The Labute approximate surface area is 120 Å². The Bertz CT molecular complexity index is 366. The molecule has 2 aliphatic rings. The van der Waals surface area contributed by atoms with Gasteiger partial charge in [0, 0.05) is 26.1 Å². The molecule has 1 aliphatic heterocycles. The molecule has 0 aromatic carbocycles. The molecule has 5 heteroatoms. The molecule has 0 bridgehead atoms. The fourth-order valence-electron chi connectivity index (χ4n) is 3.18. The zero-order valence-electron chi connectivity index (χ0n) is 12.4. The van der Waals surface area contributed by atoms with E-state index < -0.39 is 5.97 Å². The minimum Gasteiger partial charge on any atom is -0.481 e. The molecule has 114 valence electrons. The van der Waals surface area contributed by atoms with Crippen molar-refractivity contribution < 1.29 is 14.7 Å². The van der Waals surface area contributed by atoms with Crippen molar-refractivity contribution in [1.82, 2.24) is 10.2 Å². The summed E-state index contributed by atoms with van der Waals surface area (Å²) in [6, 6.07) is 0.0326. The molecule has 2 fully saturated rings.